The molecule has 7 unspecified atom stereocenters. The standard InChI is InChI=1S/C19H28O2/c1-18-8-6-14-13-7-9-19(11-21-19)10-12(13)2-3-15(14)16(18)4-5-17(18)20/h12-16H,2-11H2,1H3. The second-order valence-corrected chi connectivity index (χ2v) is 9.07. The second-order valence-electron chi connectivity index (χ2n) is 9.07. The summed E-state index contributed by atoms with van der Waals surface area (Å²) in [5.74, 6) is 5.00. The molecule has 5 aliphatic rings. The highest BCUT2D eigenvalue weighted by Crippen LogP contribution is 2.63. The van der Waals surface area contributed by atoms with E-state index in [1.807, 2.05) is 0 Å². The van der Waals surface area contributed by atoms with Gasteiger partial charge in [-0.25, -0.2) is 0 Å². The number of carbonyl (C=O) groups excluding carboxylic acids is 1. The molecular weight excluding hydrogens is 260 g/mol. The highest BCUT2D eigenvalue weighted by Gasteiger charge is 2.59. The molecule has 116 valence electrons. The lowest BCUT2D eigenvalue weighted by Gasteiger charge is -2.54. The van der Waals surface area contributed by atoms with E-state index in [1.165, 1.54) is 51.4 Å². The molecule has 0 aromatic rings. The largest absolute Gasteiger partial charge is 0.370 e. The summed E-state index contributed by atoms with van der Waals surface area (Å²) in [6, 6.07) is 0. The van der Waals surface area contributed by atoms with E-state index in [0.29, 0.717) is 11.4 Å². The van der Waals surface area contributed by atoms with E-state index in [2.05, 4.69) is 6.92 Å². The fraction of sp³-hybridized carbons (Fsp3) is 0.947. The van der Waals surface area contributed by atoms with Crippen LogP contribution in [0.25, 0.3) is 0 Å². The first-order valence-corrected chi connectivity index (χ1v) is 9.29. The lowest BCUT2D eigenvalue weighted by atomic mass is 9.50. The Bertz CT molecular complexity index is 480. The highest BCUT2D eigenvalue weighted by molar-refractivity contribution is 5.87. The van der Waals surface area contributed by atoms with Gasteiger partial charge >= 0.3 is 0 Å². The number of fused-ring (bicyclic) bond motifs is 5. The Balaban J connectivity index is 1.40. The molecule has 1 heterocycles. The van der Waals surface area contributed by atoms with Crippen molar-refractivity contribution in [1.82, 2.24) is 0 Å². The maximum atomic E-state index is 12.4. The van der Waals surface area contributed by atoms with Crippen LogP contribution in [0.5, 0.6) is 0 Å². The number of hydrogen-bond donors (Lipinski definition) is 0. The average Bonchev–Trinajstić information content (AvgIpc) is 3.16. The Kier molecular flexibility index (Phi) is 2.58. The topological polar surface area (TPSA) is 29.6 Å². The van der Waals surface area contributed by atoms with Gasteiger partial charge < -0.3 is 4.74 Å². The minimum atomic E-state index is 0.0590. The van der Waals surface area contributed by atoms with Crippen LogP contribution in [-0.2, 0) is 9.53 Å². The average molecular weight is 288 g/mol. The molecule has 0 N–H and O–H groups in total. The van der Waals surface area contributed by atoms with Crippen LogP contribution >= 0.6 is 0 Å². The number of rotatable bonds is 0. The van der Waals surface area contributed by atoms with Crippen molar-refractivity contribution in [3.63, 3.8) is 0 Å². The molecule has 0 radical (unpaired) electrons. The Morgan fingerprint density at radius 1 is 1.00 bits per heavy atom. The third-order valence-corrected chi connectivity index (χ3v) is 8.35. The van der Waals surface area contributed by atoms with Crippen molar-refractivity contribution in [2.45, 2.75) is 70.3 Å². The lowest BCUT2D eigenvalue weighted by molar-refractivity contribution is -0.133. The minimum Gasteiger partial charge on any atom is -0.370 e. The van der Waals surface area contributed by atoms with Gasteiger partial charge in [-0.1, -0.05) is 6.92 Å². The normalized spacial score (nSPS) is 58.5. The Labute approximate surface area is 128 Å². The SMILES string of the molecule is CC12CCC3C4CCC5(CO5)CC4CCC3C1CCC2=O. The van der Waals surface area contributed by atoms with E-state index in [9.17, 15) is 4.79 Å². The van der Waals surface area contributed by atoms with Crippen LogP contribution in [0.1, 0.15) is 64.7 Å². The van der Waals surface area contributed by atoms with Gasteiger partial charge in [0.25, 0.3) is 0 Å². The molecule has 4 aliphatic carbocycles. The van der Waals surface area contributed by atoms with Crippen LogP contribution in [0, 0.1) is 35.0 Å². The predicted octanol–water partition coefficient (Wildman–Crippen LogP) is 3.98. The van der Waals surface area contributed by atoms with Crippen molar-refractivity contribution < 1.29 is 9.53 Å². The monoisotopic (exact) mass is 288 g/mol. The van der Waals surface area contributed by atoms with Gasteiger partial charge in [-0.05, 0) is 81.0 Å². The molecule has 5 rings (SSSR count). The Hall–Kier alpha value is -0.370. The first-order valence-electron chi connectivity index (χ1n) is 9.29. The molecule has 2 nitrogen and oxygen atoms in total. The number of hydrogen-bond acceptors (Lipinski definition) is 2. The van der Waals surface area contributed by atoms with E-state index < -0.39 is 0 Å². The van der Waals surface area contributed by atoms with Gasteiger partial charge in [0.2, 0.25) is 0 Å². The first kappa shape index (κ1) is 13.1. The zero-order valence-electron chi connectivity index (χ0n) is 13.3. The molecule has 2 heteroatoms. The number of Topliss-reactive ketones (excluding diaryl/α,β-unsaturated/α-hetero) is 1. The summed E-state index contributed by atoms with van der Waals surface area (Å²) in [7, 11) is 0. The molecule has 7 atom stereocenters. The van der Waals surface area contributed by atoms with Gasteiger partial charge in [0.05, 0.1) is 12.2 Å². The Morgan fingerprint density at radius 2 is 1.81 bits per heavy atom. The molecule has 1 spiro atoms. The summed E-state index contributed by atoms with van der Waals surface area (Å²) < 4.78 is 5.78. The smallest absolute Gasteiger partial charge is 0.139 e. The van der Waals surface area contributed by atoms with Crippen LogP contribution in [-0.4, -0.2) is 18.0 Å². The van der Waals surface area contributed by atoms with Gasteiger partial charge in [0, 0.05) is 11.8 Å². The van der Waals surface area contributed by atoms with Crippen LogP contribution in [0.15, 0.2) is 0 Å². The van der Waals surface area contributed by atoms with E-state index in [-0.39, 0.29) is 5.41 Å². The zero-order valence-corrected chi connectivity index (χ0v) is 13.3. The first-order chi connectivity index (χ1) is 10.1. The second kappa shape index (κ2) is 4.13. The molecule has 1 aliphatic heterocycles. The maximum Gasteiger partial charge on any atom is 0.139 e. The van der Waals surface area contributed by atoms with E-state index in [1.54, 1.807) is 0 Å². The summed E-state index contributed by atoms with van der Waals surface area (Å²) in [5.41, 5.74) is 0.393. The maximum absolute atomic E-state index is 12.4. The van der Waals surface area contributed by atoms with Crippen molar-refractivity contribution in [1.29, 1.82) is 0 Å². The van der Waals surface area contributed by atoms with E-state index in [0.717, 1.165) is 42.6 Å². The van der Waals surface area contributed by atoms with Crippen molar-refractivity contribution >= 4 is 5.78 Å². The van der Waals surface area contributed by atoms with Crippen molar-refractivity contribution in [3.8, 4) is 0 Å². The fourth-order valence-electron chi connectivity index (χ4n) is 7.08. The molecule has 1 saturated heterocycles. The summed E-state index contributed by atoms with van der Waals surface area (Å²) in [4.78, 5) is 12.4. The number of ketones is 1. The zero-order chi connectivity index (χ0) is 14.2. The molecule has 21 heavy (non-hydrogen) atoms. The van der Waals surface area contributed by atoms with Crippen LogP contribution < -0.4 is 0 Å². The van der Waals surface area contributed by atoms with Gasteiger partial charge in [0.1, 0.15) is 5.78 Å². The van der Waals surface area contributed by atoms with Crippen LogP contribution in [0.4, 0.5) is 0 Å². The number of carbonyl (C=O) groups is 1. The summed E-state index contributed by atoms with van der Waals surface area (Å²) in [6.45, 7) is 3.34. The molecule has 0 bridgehead atoms. The van der Waals surface area contributed by atoms with Crippen molar-refractivity contribution in [3.05, 3.63) is 0 Å². The predicted molar refractivity (Wildman–Crippen MR) is 80.8 cm³/mol. The van der Waals surface area contributed by atoms with Crippen molar-refractivity contribution in [2.75, 3.05) is 6.61 Å². The number of ether oxygens (including phenoxy) is 1. The number of epoxide rings is 1. The molecule has 5 fully saturated rings. The van der Waals surface area contributed by atoms with E-state index >= 15 is 0 Å². The lowest BCUT2D eigenvalue weighted by Crippen LogP contribution is -2.49. The van der Waals surface area contributed by atoms with Crippen LogP contribution in [0.2, 0.25) is 0 Å². The Morgan fingerprint density at radius 3 is 2.62 bits per heavy atom. The van der Waals surface area contributed by atoms with Gasteiger partial charge in [-0.3, -0.25) is 4.79 Å². The van der Waals surface area contributed by atoms with Gasteiger partial charge in [0.15, 0.2) is 0 Å². The third kappa shape index (κ3) is 1.72. The van der Waals surface area contributed by atoms with Gasteiger partial charge in [-0.15, -0.1) is 0 Å². The summed E-state index contributed by atoms with van der Waals surface area (Å²) >= 11 is 0. The highest BCUT2D eigenvalue weighted by atomic mass is 16.6. The molecule has 0 aromatic heterocycles. The summed E-state index contributed by atoms with van der Waals surface area (Å²) in [6.07, 6.45) is 11.5. The fourth-order valence-corrected chi connectivity index (χ4v) is 7.08. The van der Waals surface area contributed by atoms with E-state index in [4.69, 9.17) is 4.74 Å². The molecule has 0 aromatic carbocycles. The van der Waals surface area contributed by atoms with Gasteiger partial charge in [-0.2, -0.15) is 0 Å². The van der Waals surface area contributed by atoms with Crippen LogP contribution in [0.3, 0.4) is 0 Å². The quantitative estimate of drug-likeness (QED) is 0.631. The third-order valence-electron chi connectivity index (χ3n) is 8.35. The minimum absolute atomic E-state index is 0.0590. The summed E-state index contributed by atoms with van der Waals surface area (Å²) in [5, 5.41) is 0. The van der Waals surface area contributed by atoms with Crippen molar-refractivity contribution in [2.24, 2.45) is 35.0 Å². The molecular formula is C19H28O2. The molecule has 0 amide bonds. The molecule has 4 saturated carbocycles.